The Balaban J connectivity index is 1.54. The molecule has 0 aliphatic carbocycles. The molecule has 142 valence electrons. The van der Waals surface area contributed by atoms with E-state index in [1.54, 1.807) is 30.7 Å². The van der Waals surface area contributed by atoms with Crippen LogP contribution in [-0.4, -0.2) is 38.8 Å². The van der Waals surface area contributed by atoms with E-state index in [0.29, 0.717) is 13.0 Å². The number of hydrogen-bond donors (Lipinski definition) is 0. The SMILES string of the molecule is O=C(Cc1ccccn1)N1CCC[C@@H](c2nccnc2-c2ccc(F)cc2)C1. The molecule has 1 aliphatic rings. The summed E-state index contributed by atoms with van der Waals surface area (Å²) in [4.78, 5) is 28.0. The smallest absolute Gasteiger partial charge is 0.228 e. The van der Waals surface area contributed by atoms with Crippen LogP contribution in [0.3, 0.4) is 0 Å². The fourth-order valence-corrected chi connectivity index (χ4v) is 3.67. The number of hydrogen-bond acceptors (Lipinski definition) is 4. The lowest BCUT2D eigenvalue weighted by Crippen LogP contribution is -2.40. The van der Waals surface area contributed by atoms with Crippen molar-refractivity contribution in [1.82, 2.24) is 19.9 Å². The first-order valence-corrected chi connectivity index (χ1v) is 9.45. The third kappa shape index (κ3) is 4.06. The second-order valence-corrected chi connectivity index (χ2v) is 6.97. The molecule has 1 aliphatic heterocycles. The Bertz CT molecular complexity index is 946. The standard InChI is InChI=1S/C22H21FN4O/c23-18-8-6-16(7-9-18)21-22(26-12-11-25-21)17-4-3-13-27(15-17)20(28)14-19-5-1-2-10-24-19/h1-2,5-12,17H,3-4,13-15H2/t17-/m1/s1. The molecule has 0 saturated carbocycles. The Morgan fingerprint density at radius 1 is 1.04 bits per heavy atom. The fourth-order valence-electron chi connectivity index (χ4n) is 3.67. The average molecular weight is 376 g/mol. The van der Waals surface area contributed by atoms with Crippen LogP contribution < -0.4 is 0 Å². The molecular formula is C22H21FN4O. The summed E-state index contributed by atoms with van der Waals surface area (Å²) in [5.74, 6) is -0.0936. The summed E-state index contributed by atoms with van der Waals surface area (Å²) in [5.41, 5.74) is 3.23. The zero-order valence-corrected chi connectivity index (χ0v) is 15.5. The summed E-state index contributed by atoms with van der Waals surface area (Å²) in [5, 5.41) is 0. The fraction of sp³-hybridized carbons (Fsp3) is 0.273. The van der Waals surface area contributed by atoms with E-state index in [1.165, 1.54) is 12.1 Å². The minimum atomic E-state index is -0.279. The molecule has 0 N–H and O–H groups in total. The number of pyridine rings is 1. The summed E-state index contributed by atoms with van der Waals surface area (Å²) in [7, 11) is 0. The normalized spacial score (nSPS) is 16.8. The second-order valence-electron chi connectivity index (χ2n) is 6.97. The van der Waals surface area contributed by atoms with Crippen molar-refractivity contribution in [2.75, 3.05) is 13.1 Å². The Labute approximate surface area is 163 Å². The van der Waals surface area contributed by atoms with Gasteiger partial charge in [-0.25, -0.2) is 4.39 Å². The van der Waals surface area contributed by atoms with Crippen molar-refractivity contribution in [1.29, 1.82) is 0 Å². The first-order valence-electron chi connectivity index (χ1n) is 9.45. The van der Waals surface area contributed by atoms with Crippen molar-refractivity contribution in [3.05, 3.63) is 78.3 Å². The number of carbonyl (C=O) groups is 1. The van der Waals surface area contributed by atoms with Crippen LogP contribution >= 0.6 is 0 Å². The molecule has 2 aromatic heterocycles. The Kier molecular flexibility index (Phi) is 5.37. The highest BCUT2D eigenvalue weighted by Crippen LogP contribution is 2.32. The van der Waals surface area contributed by atoms with Crippen LogP contribution in [-0.2, 0) is 11.2 Å². The topological polar surface area (TPSA) is 59.0 Å². The minimum absolute atomic E-state index is 0.0793. The Hall–Kier alpha value is -3.15. The van der Waals surface area contributed by atoms with Gasteiger partial charge in [0.15, 0.2) is 0 Å². The summed E-state index contributed by atoms with van der Waals surface area (Å²) < 4.78 is 13.3. The van der Waals surface area contributed by atoms with Gasteiger partial charge in [0.25, 0.3) is 0 Å². The van der Waals surface area contributed by atoms with Crippen molar-refractivity contribution in [3.63, 3.8) is 0 Å². The molecule has 1 aromatic carbocycles. The number of likely N-dealkylation sites (tertiary alicyclic amines) is 1. The van der Waals surface area contributed by atoms with Gasteiger partial charge in [0.1, 0.15) is 5.82 Å². The molecule has 0 unspecified atom stereocenters. The number of benzene rings is 1. The maximum Gasteiger partial charge on any atom is 0.228 e. The van der Waals surface area contributed by atoms with Crippen LogP contribution in [0.25, 0.3) is 11.3 Å². The molecule has 0 radical (unpaired) electrons. The van der Waals surface area contributed by atoms with Crippen molar-refractivity contribution < 1.29 is 9.18 Å². The van der Waals surface area contributed by atoms with E-state index >= 15 is 0 Å². The molecule has 4 rings (SSSR count). The van der Waals surface area contributed by atoms with Gasteiger partial charge in [-0.15, -0.1) is 0 Å². The summed E-state index contributed by atoms with van der Waals surface area (Å²) in [6.07, 6.45) is 7.19. The summed E-state index contributed by atoms with van der Waals surface area (Å²) in [6, 6.07) is 11.9. The zero-order chi connectivity index (χ0) is 19.3. The highest BCUT2D eigenvalue weighted by atomic mass is 19.1. The number of aromatic nitrogens is 3. The molecule has 28 heavy (non-hydrogen) atoms. The van der Waals surface area contributed by atoms with E-state index in [9.17, 15) is 9.18 Å². The molecule has 0 spiro atoms. The van der Waals surface area contributed by atoms with Crippen LogP contribution in [0.5, 0.6) is 0 Å². The van der Waals surface area contributed by atoms with Crippen molar-refractivity contribution in [3.8, 4) is 11.3 Å². The Morgan fingerprint density at radius 3 is 2.64 bits per heavy atom. The number of piperidine rings is 1. The minimum Gasteiger partial charge on any atom is -0.342 e. The van der Waals surface area contributed by atoms with E-state index in [4.69, 9.17) is 0 Å². The highest BCUT2D eigenvalue weighted by molar-refractivity contribution is 5.78. The van der Waals surface area contributed by atoms with Gasteiger partial charge in [-0.2, -0.15) is 0 Å². The zero-order valence-electron chi connectivity index (χ0n) is 15.5. The van der Waals surface area contributed by atoms with Gasteiger partial charge in [0, 0.05) is 48.9 Å². The van der Waals surface area contributed by atoms with Crippen LogP contribution in [0.2, 0.25) is 0 Å². The number of nitrogens with zero attached hydrogens (tertiary/aromatic N) is 4. The monoisotopic (exact) mass is 376 g/mol. The molecule has 1 amide bonds. The molecule has 1 fully saturated rings. The third-order valence-electron chi connectivity index (χ3n) is 5.06. The largest absolute Gasteiger partial charge is 0.342 e. The summed E-state index contributed by atoms with van der Waals surface area (Å²) >= 11 is 0. The number of rotatable bonds is 4. The Morgan fingerprint density at radius 2 is 1.86 bits per heavy atom. The quantitative estimate of drug-likeness (QED) is 0.698. The molecular weight excluding hydrogens is 355 g/mol. The molecule has 3 aromatic rings. The van der Waals surface area contributed by atoms with Gasteiger partial charge in [0.2, 0.25) is 5.91 Å². The number of amides is 1. The first kappa shape index (κ1) is 18.2. The average Bonchev–Trinajstić information content (AvgIpc) is 2.75. The van der Waals surface area contributed by atoms with E-state index in [2.05, 4.69) is 15.0 Å². The van der Waals surface area contributed by atoms with Crippen molar-refractivity contribution in [2.45, 2.75) is 25.2 Å². The summed E-state index contributed by atoms with van der Waals surface area (Å²) in [6.45, 7) is 1.35. The lowest BCUT2D eigenvalue weighted by molar-refractivity contribution is -0.131. The molecule has 1 atom stereocenters. The van der Waals surface area contributed by atoms with Gasteiger partial charge in [0.05, 0.1) is 17.8 Å². The lowest BCUT2D eigenvalue weighted by Gasteiger charge is -2.33. The van der Waals surface area contributed by atoms with Crippen LogP contribution in [0.1, 0.15) is 30.1 Å². The molecule has 5 nitrogen and oxygen atoms in total. The van der Waals surface area contributed by atoms with Crippen LogP contribution in [0.15, 0.2) is 61.1 Å². The van der Waals surface area contributed by atoms with Gasteiger partial charge in [-0.05, 0) is 49.2 Å². The first-order chi connectivity index (χ1) is 13.7. The van der Waals surface area contributed by atoms with Gasteiger partial charge >= 0.3 is 0 Å². The lowest BCUT2D eigenvalue weighted by atomic mass is 9.91. The van der Waals surface area contributed by atoms with E-state index in [-0.39, 0.29) is 17.6 Å². The molecule has 3 heterocycles. The van der Waals surface area contributed by atoms with Gasteiger partial charge < -0.3 is 4.90 Å². The van der Waals surface area contributed by atoms with Gasteiger partial charge in [-0.1, -0.05) is 6.07 Å². The van der Waals surface area contributed by atoms with Crippen LogP contribution in [0, 0.1) is 5.82 Å². The predicted molar refractivity (Wildman–Crippen MR) is 104 cm³/mol. The number of carbonyl (C=O) groups excluding carboxylic acids is 1. The van der Waals surface area contributed by atoms with Crippen molar-refractivity contribution in [2.24, 2.45) is 0 Å². The van der Waals surface area contributed by atoms with E-state index in [0.717, 1.165) is 42.0 Å². The molecule has 1 saturated heterocycles. The van der Waals surface area contributed by atoms with E-state index in [1.807, 2.05) is 23.1 Å². The third-order valence-corrected chi connectivity index (χ3v) is 5.06. The molecule has 6 heteroatoms. The second kappa shape index (κ2) is 8.25. The van der Waals surface area contributed by atoms with Gasteiger partial charge in [-0.3, -0.25) is 19.7 Å². The predicted octanol–water partition coefficient (Wildman–Crippen LogP) is 3.63. The maximum absolute atomic E-state index is 13.3. The molecule has 0 bridgehead atoms. The van der Waals surface area contributed by atoms with Crippen LogP contribution in [0.4, 0.5) is 4.39 Å². The van der Waals surface area contributed by atoms with Crippen molar-refractivity contribution >= 4 is 5.91 Å². The number of halogens is 1. The highest BCUT2D eigenvalue weighted by Gasteiger charge is 2.28. The van der Waals surface area contributed by atoms with E-state index < -0.39 is 0 Å². The maximum atomic E-state index is 13.3.